The molecular formula is C17H18Cl2N6S. The lowest BCUT2D eigenvalue weighted by Gasteiger charge is -2.10. The van der Waals surface area contributed by atoms with Gasteiger partial charge in [-0.2, -0.15) is 0 Å². The summed E-state index contributed by atoms with van der Waals surface area (Å²) in [6, 6.07) is 3.98. The topological polar surface area (TPSA) is 61.4 Å². The van der Waals surface area contributed by atoms with Gasteiger partial charge in [-0.15, -0.1) is 36.2 Å². The van der Waals surface area contributed by atoms with Crippen molar-refractivity contribution in [2.24, 2.45) is 5.92 Å². The standard InChI is InChI=1S/C17H16N6S.2ClH/c1-2-13-15(18-5-1)23(10-12-3-4-12)14(21-13)11-22-8-6-19-16(22)17-20-7-9-24-17;;/h1-2,5-9,12H,3-4,10-11H2;2*1H. The number of rotatable bonds is 5. The molecule has 0 amide bonds. The van der Waals surface area contributed by atoms with E-state index in [-0.39, 0.29) is 24.8 Å². The molecule has 4 heterocycles. The highest BCUT2D eigenvalue weighted by Crippen LogP contribution is 2.32. The first-order chi connectivity index (χ1) is 11.9. The first-order valence-corrected chi connectivity index (χ1v) is 8.97. The van der Waals surface area contributed by atoms with Crippen molar-refractivity contribution in [3.8, 4) is 10.8 Å². The van der Waals surface area contributed by atoms with Gasteiger partial charge in [-0.25, -0.2) is 19.9 Å². The van der Waals surface area contributed by atoms with Crippen LogP contribution in [0.3, 0.4) is 0 Å². The van der Waals surface area contributed by atoms with Crippen molar-refractivity contribution in [3.63, 3.8) is 0 Å². The van der Waals surface area contributed by atoms with Crippen LogP contribution in [0.4, 0.5) is 0 Å². The molecule has 5 rings (SSSR count). The summed E-state index contributed by atoms with van der Waals surface area (Å²) in [6.07, 6.45) is 10.1. The Morgan fingerprint density at radius 1 is 1.08 bits per heavy atom. The number of pyridine rings is 1. The van der Waals surface area contributed by atoms with Crippen LogP contribution in [0.2, 0.25) is 0 Å². The van der Waals surface area contributed by atoms with Crippen LogP contribution in [0.15, 0.2) is 42.3 Å². The van der Waals surface area contributed by atoms with Gasteiger partial charge in [0.05, 0.1) is 6.54 Å². The third kappa shape index (κ3) is 3.47. The molecule has 6 nitrogen and oxygen atoms in total. The fourth-order valence-electron chi connectivity index (χ4n) is 3.00. The minimum atomic E-state index is 0. The minimum Gasteiger partial charge on any atom is -0.321 e. The Labute approximate surface area is 167 Å². The van der Waals surface area contributed by atoms with Crippen LogP contribution in [-0.2, 0) is 13.1 Å². The van der Waals surface area contributed by atoms with Crippen molar-refractivity contribution in [2.75, 3.05) is 0 Å². The van der Waals surface area contributed by atoms with E-state index in [0.717, 1.165) is 40.3 Å². The van der Waals surface area contributed by atoms with E-state index in [1.54, 1.807) is 11.3 Å². The fraction of sp³-hybridized carbons (Fsp3) is 0.294. The normalized spacial score (nSPS) is 13.4. The van der Waals surface area contributed by atoms with Gasteiger partial charge in [0.25, 0.3) is 0 Å². The van der Waals surface area contributed by atoms with Crippen LogP contribution in [0.5, 0.6) is 0 Å². The average molecular weight is 409 g/mol. The summed E-state index contributed by atoms with van der Waals surface area (Å²) < 4.78 is 4.39. The lowest BCUT2D eigenvalue weighted by molar-refractivity contribution is 0.589. The van der Waals surface area contributed by atoms with Crippen LogP contribution >= 0.6 is 36.2 Å². The second-order valence-corrected chi connectivity index (χ2v) is 7.04. The Balaban J connectivity index is 0.000000980. The predicted molar refractivity (Wildman–Crippen MR) is 107 cm³/mol. The number of hydrogen-bond donors (Lipinski definition) is 0. The summed E-state index contributed by atoms with van der Waals surface area (Å²) in [5, 5.41) is 2.91. The van der Waals surface area contributed by atoms with Gasteiger partial charge in [-0.1, -0.05) is 0 Å². The molecule has 1 aliphatic carbocycles. The molecule has 26 heavy (non-hydrogen) atoms. The van der Waals surface area contributed by atoms with E-state index in [1.165, 1.54) is 12.8 Å². The van der Waals surface area contributed by atoms with E-state index in [9.17, 15) is 0 Å². The monoisotopic (exact) mass is 408 g/mol. The first kappa shape index (κ1) is 18.8. The van der Waals surface area contributed by atoms with Crippen LogP contribution < -0.4 is 0 Å². The summed E-state index contributed by atoms with van der Waals surface area (Å²) in [7, 11) is 0. The number of fused-ring (bicyclic) bond motifs is 1. The van der Waals surface area contributed by atoms with Crippen LogP contribution in [0.1, 0.15) is 18.7 Å². The second kappa shape index (κ2) is 7.73. The number of halogens is 2. The molecule has 0 aromatic carbocycles. The molecule has 1 aliphatic rings. The summed E-state index contributed by atoms with van der Waals surface area (Å²) in [5.41, 5.74) is 1.94. The second-order valence-electron chi connectivity index (χ2n) is 6.14. The number of thiazole rings is 1. The van der Waals surface area contributed by atoms with Gasteiger partial charge in [0.1, 0.15) is 11.3 Å². The smallest absolute Gasteiger partial charge is 0.169 e. The van der Waals surface area contributed by atoms with E-state index < -0.39 is 0 Å². The molecule has 1 saturated carbocycles. The van der Waals surface area contributed by atoms with Crippen LogP contribution in [0.25, 0.3) is 22.0 Å². The molecule has 0 aliphatic heterocycles. The van der Waals surface area contributed by atoms with Crippen LogP contribution in [0, 0.1) is 5.92 Å². The zero-order chi connectivity index (χ0) is 15.9. The fourth-order valence-corrected chi connectivity index (χ4v) is 3.65. The van der Waals surface area contributed by atoms with E-state index in [0.29, 0.717) is 6.54 Å². The summed E-state index contributed by atoms with van der Waals surface area (Å²) in [5.74, 6) is 2.69. The van der Waals surface area contributed by atoms with Crippen molar-refractivity contribution < 1.29 is 0 Å². The predicted octanol–water partition coefficient (Wildman–Crippen LogP) is 4.05. The Bertz CT molecular complexity index is 990. The van der Waals surface area contributed by atoms with Crippen molar-refractivity contribution in [3.05, 3.63) is 48.1 Å². The summed E-state index contributed by atoms with van der Waals surface area (Å²) in [4.78, 5) is 18.2. The largest absolute Gasteiger partial charge is 0.321 e. The van der Waals surface area contributed by atoms with E-state index >= 15 is 0 Å². The zero-order valence-corrected chi connectivity index (χ0v) is 16.3. The molecule has 0 radical (unpaired) electrons. The maximum Gasteiger partial charge on any atom is 0.169 e. The minimum absolute atomic E-state index is 0. The lowest BCUT2D eigenvalue weighted by Crippen LogP contribution is -2.11. The van der Waals surface area contributed by atoms with Gasteiger partial charge < -0.3 is 9.13 Å². The maximum absolute atomic E-state index is 4.83. The Hall–Kier alpha value is -1.96. The molecule has 0 N–H and O–H groups in total. The van der Waals surface area contributed by atoms with Gasteiger partial charge in [0.15, 0.2) is 16.5 Å². The molecule has 4 aromatic rings. The van der Waals surface area contributed by atoms with Gasteiger partial charge in [-0.3, -0.25) is 0 Å². The van der Waals surface area contributed by atoms with Crippen molar-refractivity contribution >= 4 is 47.3 Å². The quantitative estimate of drug-likeness (QED) is 0.499. The van der Waals surface area contributed by atoms with E-state index in [1.807, 2.05) is 42.3 Å². The highest BCUT2D eigenvalue weighted by molar-refractivity contribution is 7.13. The Morgan fingerprint density at radius 3 is 2.73 bits per heavy atom. The van der Waals surface area contributed by atoms with E-state index in [2.05, 4.69) is 24.1 Å². The van der Waals surface area contributed by atoms with Gasteiger partial charge >= 0.3 is 0 Å². The van der Waals surface area contributed by atoms with Gasteiger partial charge in [-0.05, 0) is 30.9 Å². The molecule has 0 unspecified atom stereocenters. The molecule has 1 fully saturated rings. The third-order valence-corrected chi connectivity index (χ3v) is 5.14. The van der Waals surface area contributed by atoms with Crippen molar-refractivity contribution in [2.45, 2.75) is 25.9 Å². The molecule has 0 bridgehead atoms. The first-order valence-electron chi connectivity index (χ1n) is 8.09. The number of nitrogens with zero attached hydrogens (tertiary/aromatic N) is 6. The zero-order valence-electron chi connectivity index (χ0n) is 13.9. The van der Waals surface area contributed by atoms with Crippen molar-refractivity contribution in [1.82, 2.24) is 29.1 Å². The van der Waals surface area contributed by atoms with Crippen LogP contribution in [-0.4, -0.2) is 29.1 Å². The number of hydrogen-bond acceptors (Lipinski definition) is 5. The van der Waals surface area contributed by atoms with Gasteiger partial charge in [0, 0.05) is 36.7 Å². The molecule has 136 valence electrons. The van der Waals surface area contributed by atoms with Crippen molar-refractivity contribution in [1.29, 1.82) is 0 Å². The average Bonchev–Trinajstić information content (AvgIpc) is 3.01. The molecule has 4 aromatic heterocycles. The SMILES string of the molecule is Cl.Cl.c1cnc2c(c1)nc(Cn1ccnc1-c1nccs1)n2CC1CC1. The molecule has 0 saturated heterocycles. The van der Waals surface area contributed by atoms with Gasteiger partial charge in [0.2, 0.25) is 0 Å². The number of aromatic nitrogens is 6. The highest BCUT2D eigenvalue weighted by atomic mass is 35.5. The summed E-state index contributed by atoms with van der Waals surface area (Å²) >= 11 is 1.60. The third-order valence-electron chi connectivity index (χ3n) is 4.37. The lowest BCUT2D eigenvalue weighted by atomic mass is 10.4. The maximum atomic E-state index is 4.83. The Kier molecular flexibility index (Phi) is 5.60. The molecule has 0 spiro atoms. The molecule has 9 heteroatoms. The Morgan fingerprint density at radius 2 is 1.96 bits per heavy atom. The number of imidazole rings is 2. The summed E-state index contributed by atoms with van der Waals surface area (Å²) in [6.45, 7) is 1.68. The molecular weight excluding hydrogens is 391 g/mol. The molecule has 0 atom stereocenters. The van der Waals surface area contributed by atoms with E-state index in [4.69, 9.17) is 4.98 Å². The highest BCUT2D eigenvalue weighted by Gasteiger charge is 2.25.